The lowest BCUT2D eigenvalue weighted by atomic mass is 10.2. The molecule has 0 amide bonds. The van der Waals surface area contributed by atoms with Gasteiger partial charge in [0.05, 0.1) is 21.9 Å². The van der Waals surface area contributed by atoms with Gasteiger partial charge in [0.25, 0.3) is 5.56 Å². The maximum Gasteiger partial charge on any atom is 0.262 e. The van der Waals surface area contributed by atoms with Crippen molar-refractivity contribution in [2.24, 2.45) is 0 Å². The number of H-pyrrole nitrogens is 1. The van der Waals surface area contributed by atoms with Gasteiger partial charge in [-0.1, -0.05) is 41.0 Å². The average molecular weight is 421 g/mol. The van der Waals surface area contributed by atoms with Crippen molar-refractivity contribution in [1.82, 2.24) is 19.7 Å². The van der Waals surface area contributed by atoms with Crippen LogP contribution in [0.2, 0.25) is 10.0 Å². The Morgan fingerprint density at radius 2 is 1.89 bits per heavy atom. The number of rotatable bonds is 4. The zero-order valence-corrected chi connectivity index (χ0v) is 15.9. The summed E-state index contributed by atoms with van der Waals surface area (Å²) in [7, 11) is 0. The fourth-order valence-corrected chi connectivity index (χ4v) is 3.64. The monoisotopic (exact) mass is 420 g/mol. The molecule has 0 aliphatic carbocycles. The molecule has 4 rings (SSSR count). The third-order valence-electron chi connectivity index (χ3n) is 3.85. The van der Waals surface area contributed by atoms with Crippen molar-refractivity contribution in [3.05, 3.63) is 80.4 Å². The Kier molecular flexibility index (Phi) is 4.90. The molecular weight excluding hydrogens is 410 g/mol. The van der Waals surface area contributed by atoms with E-state index in [1.54, 1.807) is 24.3 Å². The number of hydrogen-bond donors (Lipinski definition) is 1. The largest absolute Gasteiger partial charge is 0.301 e. The van der Waals surface area contributed by atoms with Crippen LogP contribution >= 0.6 is 35.0 Å². The molecule has 9 heteroatoms. The van der Waals surface area contributed by atoms with E-state index in [-0.39, 0.29) is 11.4 Å². The highest BCUT2D eigenvalue weighted by atomic mass is 35.5. The first-order chi connectivity index (χ1) is 13.0. The molecule has 0 bridgehead atoms. The Balaban J connectivity index is 1.67. The molecule has 5 nitrogen and oxygen atoms in total. The van der Waals surface area contributed by atoms with Crippen LogP contribution in [-0.2, 0) is 5.75 Å². The molecule has 0 radical (unpaired) electrons. The van der Waals surface area contributed by atoms with E-state index in [2.05, 4.69) is 15.1 Å². The SMILES string of the molecule is O=c1[nH]c(SCc2ccc(Cl)c(Cl)c2)nc2c1cnn2-c1ccc(F)cc1. The summed E-state index contributed by atoms with van der Waals surface area (Å²) in [6.45, 7) is 0. The van der Waals surface area contributed by atoms with Crippen LogP contribution < -0.4 is 5.56 Å². The Morgan fingerprint density at radius 3 is 2.63 bits per heavy atom. The van der Waals surface area contributed by atoms with E-state index in [1.807, 2.05) is 6.07 Å². The van der Waals surface area contributed by atoms with Crippen molar-refractivity contribution in [2.45, 2.75) is 10.9 Å². The number of thioether (sulfide) groups is 1. The molecule has 27 heavy (non-hydrogen) atoms. The number of halogens is 3. The van der Waals surface area contributed by atoms with Crippen LogP contribution in [0.15, 0.2) is 58.6 Å². The van der Waals surface area contributed by atoms with Crippen molar-refractivity contribution in [1.29, 1.82) is 0 Å². The van der Waals surface area contributed by atoms with Gasteiger partial charge < -0.3 is 4.98 Å². The summed E-state index contributed by atoms with van der Waals surface area (Å²) in [5, 5.41) is 5.97. The maximum absolute atomic E-state index is 13.2. The molecule has 0 aliphatic rings. The number of benzene rings is 2. The Bertz CT molecular complexity index is 1190. The predicted octanol–water partition coefficient (Wildman–Crippen LogP) is 4.85. The van der Waals surface area contributed by atoms with Gasteiger partial charge in [-0.2, -0.15) is 5.10 Å². The molecule has 136 valence electrons. The maximum atomic E-state index is 13.2. The fraction of sp³-hybridized carbons (Fsp3) is 0.0556. The third-order valence-corrected chi connectivity index (χ3v) is 5.53. The molecule has 0 atom stereocenters. The second-order valence-corrected chi connectivity index (χ2v) is 7.46. The molecule has 2 heterocycles. The minimum atomic E-state index is -0.348. The summed E-state index contributed by atoms with van der Waals surface area (Å²) in [4.78, 5) is 19.6. The number of nitrogens with one attached hydrogen (secondary N) is 1. The highest BCUT2D eigenvalue weighted by Crippen LogP contribution is 2.26. The van der Waals surface area contributed by atoms with Gasteiger partial charge in [0.15, 0.2) is 10.8 Å². The first-order valence-corrected chi connectivity index (χ1v) is 9.56. The predicted molar refractivity (Wildman–Crippen MR) is 105 cm³/mol. The van der Waals surface area contributed by atoms with E-state index in [0.717, 1.165) is 5.56 Å². The zero-order chi connectivity index (χ0) is 19.0. The van der Waals surface area contributed by atoms with Gasteiger partial charge in [-0.15, -0.1) is 0 Å². The molecule has 2 aromatic carbocycles. The summed E-state index contributed by atoms with van der Waals surface area (Å²) < 4.78 is 14.7. The number of hydrogen-bond acceptors (Lipinski definition) is 4. The van der Waals surface area contributed by atoms with Gasteiger partial charge in [-0.05, 0) is 42.0 Å². The van der Waals surface area contributed by atoms with E-state index in [9.17, 15) is 9.18 Å². The van der Waals surface area contributed by atoms with Crippen molar-refractivity contribution < 1.29 is 4.39 Å². The van der Waals surface area contributed by atoms with Gasteiger partial charge in [0.2, 0.25) is 0 Å². The van der Waals surface area contributed by atoms with E-state index >= 15 is 0 Å². The second-order valence-electron chi connectivity index (χ2n) is 5.68. The first kappa shape index (κ1) is 18.0. The lowest BCUT2D eigenvalue weighted by Crippen LogP contribution is -2.09. The molecule has 2 aromatic heterocycles. The van der Waals surface area contributed by atoms with Crippen LogP contribution in [0.3, 0.4) is 0 Å². The second kappa shape index (κ2) is 7.34. The van der Waals surface area contributed by atoms with E-state index in [1.165, 1.54) is 34.8 Å². The molecule has 0 aliphatic heterocycles. The normalized spacial score (nSPS) is 11.2. The number of nitrogens with zero attached hydrogens (tertiary/aromatic N) is 3. The van der Waals surface area contributed by atoms with E-state index < -0.39 is 0 Å². The lowest BCUT2D eigenvalue weighted by Gasteiger charge is -2.05. The van der Waals surface area contributed by atoms with Crippen molar-refractivity contribution in [2.75, 3.05) is 0 Å². The van der Waals surface area contributed by atoms with Gasteiger partial charge in [-0.25, -0.2) is 14.1 Å². The molecule has 0 saturated carbocycles. The third kappa shape index (κ3) is 3.71. The summed E-state index contributed by atoms with van der Waals surface area (Å²) >= 11 is 13.3. The molecule has 1 N–H and O–H groups in total. The van der Waals surface area contributed by atoms with Crippen LogP contribution in [0.1, 0.15) is 5.56 Å². The Hall–Kier alpha value is -2.35. The molecule has 0 saturated heterocycles. The standard InChI is InChI=1S/C18H11Cl2FN4OS/c19-14-6-1-10(7-15(14)20)9-27-18-23-16-13(17(26)24-18)8-22-25(16)12-4-2-11(21)3-5-12/h1-8H,9H2,(H,23,24,26). The van der Waals surface area contributed by atoms with Crippen LogP contribution in [-0.4, -0.2) is 19.7 Å². The van der Waals surface area contributed by atoms with Gasteiger partial charge >= 0.3 is 0 Å². The molecule has 0 fully saturated rings. The first-order valence-electron chi connectivity index (χ1n) is 7.82. The quantitative estimate of drug-likeness (QED) is 0.378. The molecular formula is C18H11Cl2FN4OS. The smallest absolute Gasteiger partial charge is 0.262 e. The average Bonchev–Trinajstić information content (AvgIpc) is 3.08. The zero-order valence-electron chi connectivity index (χ0n) is 13.6. The summed E-state index contributed by atoms with van der Waals surface area (Å²) in [6.07, 6.45) is 1.44. The lowest BCUT2D eigenvalue weighted by molar-refractivity contribution is 0.627. The van der Waals surface area contributed by atoms with Crippen LogP contribution in [0.5, 0.6) is 0 Å². The molecule has 4 aromatic rings. The minimum absolute atomic E-state index is 0.287. The molecule has 0 unspecified atom stereocenters. The van der Waals surface area contributed by atoms with E-state index in [4.69, 9.17) is 23.2 Å². The van der Waals surface area contributed by atoms with Gasteiger partial charge in [0.1, 0.15) is 11.2 Å². The highest BCUT2D eigenvalue weighted by Gasteiger charge is 2.12. The molecule has 0 spiro atoms. The van der Waals surface area contributed by atoms with Crippen molar-refractivity contribution >= 4 is 46.0 Å². The van der Waals surface area contributed by atoms with Crippen molar-refractivity contribution in [3.63, 3.8) is 0 Å². The summed E-state index contributed by atoms with van der Waals surface area (Å²) in [5.41, 5.74) is 1.68. The van der Waals surface area contributed by atoms with Gasteiger partial charge in [-0.3, -0.25) is 4.79 Å². The summed E-state index contributed by atoms with van der Waals surface area (Å²) in [5.74, 6) is 0.203. The summed E-state index contributed by atoms with van der Waals surface area (Å²) in [6, 6.07) is 11.2. The number of aromatic nitrogens is 4. The van der Waals surface area contributed by atoms with Crippen molar-refractivity contribution in [3.8, 4) is 5.69 Å². The minimum Gasteiger partial charge on any atom is -0.301 e. The fourth-order valence-electron chi connectivity index (χ4n) is 2.52. The Labute approximate surface area is 167 Å². The van der Waals surface area contributed by atoms with E-state index in [0.29, 0.717) is 37.7 Å². The van der Waals surface area contributed by atoms with Crippen LogP contribution in [0.4, 0.5) is 4.39 Å². The highest BCUT2D eigenvalue weighted by molar-refractivity contribution is 7.98. The van der Waals surface area contributed by atoms with Crippen LogP contribution in [0.25, 0.3) is 16.7 Å². The number of fused-ring (bicyclic) bond motifs is 1. The van der Waals surface area contributed by atoms with Gasteiger partial charge in [0, 0.05) is 5.75 Å². The Morgan fingerprint density at radius 1 is 1.11 bits per heavy atom. The topological polar surface area (TPSA) is 63.6 Å². The number of aromatic amines is 1. The van der Waals surface area contributed by atoms with Crippen LogP contribution in [0, 0.1) is 5.82 Å².